The van der Waals surface area contributed by atoms with Crippen molar-refractivity contribution in [3.05, 3.63) is 29.3 Å². The van der Waals surface area contributed by atoms with Crippen LogP contribution in [0.5, 0.6) is 5.75 Å². The third-order valence-corrected chi connectivity index (χ3v) is 5.20. The van der Waals surface area contributed by atoms with E-state index >= 15 is 0 Å². The number of aryl methyl sites for hydroxylation is 1. The number of aliphatic imine (C=N–C) groups is 1. The van der Waals surface area contributed by atoms with Gasteiger partial charge in [-0.05, 0) is 37.9 Å². The average molecular weight is 391 g/mol. The van der Waals surface area contributed by atoms with Crippen LogP contribution in [0.1, 0.15) is 24.0 Å². The minimum atomic E-state index is 0.482. The molecule has 156 valence electrons. The molecular formula is C21H34N4O3. The van der Waals surface area contributed by atoms with Gasteiger partial charge in [-0.2, -0.15) is 0 Å². The zero-order chi connectivity index (χ0) is 19.6. The van der Waals surface area contributed by atoms with Gasteiger partial charge in [-0.15, -0.1) is 0 Å². The SMILES string of the molecule is Cc1ccc(CN=C(N)NCCCN2CCOCC2)c(OCC2CCOC2)c1. The molecule has 0 saturated carbocycles. The molecule has 1 unspecified atom stereocenters. The van der Waals surface area contributed by atoms with Gasteiger partial charge in [0.15, 0.2) is 5.96 Å². The number of benzene rings is 1. The first-order valence-corrected chi connectivity index (χ1v) is 10.3. The number of ether oxygens (including phenoxy) is 3. The number of nitrogens with one attached hydrogen (secondary N) is 1. The van der Waals surface area contributed by atoms with Gasteiger partial charge in [0, 0.05) is 37.7 Å². The molecule has 7 heteroatoms. The van der Waals surface area contributed by atoms with Crippen LogP contribution in [0, 0.1) is 12.8 Å². The fourth-order valence-corrected chi connectivity index (χ4v) is 3.42. The van der Waals surface area contributed by atoms with Gasteiger partial charge in [0.05, 0.1) is 33.0 Å². The first kappa shape index (κ1) is 20.9. The molecule has 0 amide bonds. The second-order valence-corrected chi connectivity index (χ2v) is 7.59. The van der Waals surface area contributed by atoms with Crippen molar-refractivity contribution in [2.75, 3.05) is 59.2 Å². The van der Waals surface area contributed by atoms with Gasteiger partial charge in [0.1, 0.15) is 5.75 Å². The summed E-state index contributed by atoms with van der Waals surface area (Å²) >= 11 is 0. The van der Waals surface area contributed by atoms with Gasteiger partial charge < -0.3 is 25.3 Å². The number of nitrogens with two attached hydrogens (primary N) is 1. The molecular weight excluding hydrogens is 356 g/mol. The summed E-state index contributed by atoms with van der Waals surface area (Å²) < 4.78 is 16.9. The number of hydrogen-bond donors (Lipinski definition) is 2. The number of nitrogens with zero attached hydrogens (tertiary/aromatic N) is 2. The zero-order valence-corrected chi connectivity index (χ0v) is 17.0. The summed E-state index contributed by atoms with van der Waals surface area (Å²) in [7, 11) is 0. The minimum absolute atomic E-state index is 0.482. The topological polar surface area (TPSA) is 81.3 Å². The van der Waals surface area contributed by atoms with Gasteiger partial charge in [-0.1, -0.05) is 12.1 Å². The molecule has 2 saturated heterocycles. The highest BCUT2D eigenvalue weighted by atomic mass is 16.5. The van der Waals surface area contributed by atoms with Crippen LogP contribution in [-0.4, -0.2) is 70.1 Å². The molecule has 0 spiro atoms. The average Bonchev–Trinajstić information content (AvgIpc) is 3.23. The van der Waals surface area contributed by atoms with Crippen molar-refractivity contribution in [1.82, 2.24) is 10.2 Å². The standard InChI is InChI=1S/C21H34N4O3/c1-17-3-4-19(20(13-17)28-16-18-5-10-27-15-18)14-24-21(22)23-6-2-7-25-8-11-26-12-9-25/h3-4,13,18H,2,5-12,14-16H2,1H3,(H3,22,23,24). The molecule has 0 aromatic heterocycles. The number of hydrogen-bond acceptors (Lipinski definition) is 5. The molecule has 2 fully saturated rings. The Morgan fingerprint density at radius 2 is 2.14 bits per heavy atom. The Balaban J connectivity index is 1.42. The molecule has 2 aliphatic rings. The van der Waals surface area contributed by atoms with E-state index in [4.69, 9.17) is 19.9 Å². The third kappa shape index (κ3) is 6.96. The Hall–Kier alpha value is -1.83. The Kier molecular flexibility index (Phi) is 8.39. The first-order chi connectivity index (χ1) is 13.7. The smallest absolute Gasteiger partial charge is 0.188 e. The molecule has 0 radical (unpaired) electrons. The van der Waals surface area contributed by atoms with Crippen LogP contribution in [0.4, 0.5) is 0 Å². The fourth-order valence-electron chi connectivity index (χ4n) is 3.42. The van der Waals surface area contributed by atoms with E-state index < -0.39 is 0 Å². The molecule has 1 aromatic carbocycles. The number of rotatable bonds is 9. The molecule has 1 atom stereocenters. The van der Waals surface area contributed by atoms with Gasteiger partial charge in [-0.25, -0.2) is 4.99 Å². The highest BCUT2D eigenvalue weighted by Gasteiger charge is 2.17. The van der Waals surface area contributed by atoms with Crippen LogP contribution in [0.2, 0.25) is 0 Å². The van der Waals surface area contributed by atoms with Crippen LogP contribution >= 0.6 is 0 Å². The summed E-state index contributed by atoms with van der Waals surface area (Å²) in [5.74, 6) is 1.86. The monoisotopic (exact) mass is 390 g/mol. The van der Waals surface area contributed by atoms with Gasteiger partial charge in [-0.3, -0.25) is 4.90 Å². The van der Waals surface area contributed by atoms with Crippen molar-refractivity contribution in [1.29, 1.82) is 0 Å². The lowest BCUT2D eigenvalue weighted by Gasteiger charge is -2.26. The lowest BCUT2D eigenvalue weighted by Crippen LogP contribution is -2.39. The van der Waals surface area contributed by atoms with E-state index in [-0.39, 0.29) is 0 Å². The third-order valence-electron chi connectivity index (χ3n) is 5.20. The molecule has 1 aromatic rings. The van der Waals surface area contributed by atoms with E-state index in [0.717, 1.165) is 76.8 Å². The van der Waals surface area contributed by atoms with E-state index in [1.165, 1.54) is 5.56 Å². The maximum atomic E-state index is 6.07. The maximum Gasteiger partial charge on any atom is 0.188 e. The van der Waals surface area contributed by atoms with Crippen molar-refractivity contribution in [3.63, 3.8) is 0 Å². The summed E-state index contributed by atoms with van der Waals surface area (Å²) in [6.07, 6.45) is 2.11. The molecule has 3 rings (SSSR count). The lowest BCUT2D eigenvalue weighted by atomic mass is 10.1. The fraction of sp³-hybridized carbons (Fsp3) is 0.667. The van der Waals surface area contributed by atoms with E-state index in [0.29, 0.717) is 25.0 Å². The highest BCUT2D eigenvalue weighted by molar-refractivity contribution is 5.77. The largest absolute Gasteiger partial charge is 0.493 e. The van der Waals surface area contributed by atoms with Crippen molar-refractivity contribution < 1.29 is 14.2 Å². The van der Waals surface area contributed by atoms with Gasteiger partial charge in [0.25, 0.3) is 0 Å². The van der Waals surface area contributed by atoms with Crippen LogP contribution in [0.15, 0.2) is 23.2 Å². The normalized spacial score (nSPS) is 21.0. The van der Waals surface area contributed by atoms with Crippen LogP contribution in [0.3, 0.4) is 0 Å². The van der Waals surface area contributed by atoms with E-state index in [2.05, 4.69) is 40.3 Å². The van der Waals surface area contributed by atoms with Crippen molar-refractivity contribution in [2.24, 2.45) is 16.6 Å². The Bertz CT molecular complexity index is 626. The summed E-state index contributed by atoms with van der Waals surface area (Å²) in [5.41, 5.74) is 8.28. The van der Waals surface area contributed by atoms with Crippen LogP contribution in [-0.2, 0) is 16.0 Å². The quantitative estimate of drug-likeness (QED) is 0.378. The van der Waals surface area contributed by atoms with Gasteiger partial charge in [0.2, 0.25) is 0 Å². The predicted molar refractivity (Wildman–Crippen MR) is 111 cm³/mol. The molecule has 0 aliphatic carbocycles. The Morgan fingerprint density at radius 3 is 2.93 bits per heavy atom. The minimum Gasteiger partial charge on any atom is -0.493 e. The molecule has 2 heterocycles. The second kappa shape index (κ2) is 11.2. The summed E-state index contributed by atoms with van der Waals surface area (Å²) in [6.45, 7) is 10.5. The van der Waals surface area contributed by atoms with Crippen molar-refractivity contribution in [2.45, 2.75) is 26.3 Å². The number of morpholine rings is 1. The molecule has 28 heavy (non-hydrogen) atoms. The second-order valence-electron chi connectivity index (χ2n) is 7.59. The summed E-state index contributed by atoms with van der Waals surface area (Å²) in [6, 6.07) is 6.24. The number of guanidine groups is 1. The Morgan fingerprint density at radius 1 is 1.29 bits per heavy atom. The lowest BCUT2D eigenvalue weighted by molar-refractivity contribution is 0.0376. The Labute approximate surface area is 168 Å². The van der Waals surface area contributed by atoms with Crippen molar-refractivity contribution >= 4 is 5.96 Å². The van der Waals surface area contributed by atoms with E-state index in [9.17, 15) is 0 Å². The molecule has 7 nitrogen and oxygen atoms in total. The first-order valence-electron chi connectivity index (χ1n) is 10.3. The predicted octanol–water partition coefficient (Wildman–Crippen LogP) is 1.54. The van der Waals surface area contributed by atoms with Crippen molar-refractivity contribution in [3.8, 4) is 5.75 Å². The van der Waals surface area contributed by atoms with Gasteiger partial charge >= 0.3 is 0 Å². The van der Waals surface area contributed by atoms with E-state index in [1.54, 1.807) is 0 Å². The molecule has 2 aliphatic heterocycles. The zero-order valence-electron chi connectivity index (χ0n) is 17.0. The van der Waals surface area contributed by atoms with E-state index in [1.807, 2.05) is 0 Å². The summed E-state index contributed by atoms with van der Waals surface area (Å²) in [4.78, 5) is 6.91. The molecule has 3 N–H and O–H groups in total. The summed E-state index contributed by atoms with van der Waals surface area (Å²) in [5, 5.41) is 3.21. The highest BCUT2D eigenvalue weighted by Crippen LogP contribution is 2.23. The maximum absolute atomic E-state index is 6.07. The van der Waals surface area contributed by atoms with Crippen LogP contribution in [0.25, 0.3) is 0 Å². The van der Waals surface area contributed by atoms with Crippen LogP contribution < -0.4 is 15.8 Å². The molecule has 0 bridgehead atoms.